The van der Waals surface area contributed by atoms with Gasteiger partial charge in [0.25, 0.3) is 0 Å². The maximum atomic E-state index is 12.7. The minimum absolute atomic E-state index is 0.0105. The van der Waals surface area contributed by atoms with E-state index in [0.717, 1.165) is 0 Å². The lowest BCUT2D eigenvalue weighted by Crippen LogP contribution is -2.37. The van der Waals surface area contributed by atoms with Crippen LogP contribution in [-0.2, 0) is 14.3 Å². The van der Waals surface area contributed by atoms with E-state index in [1.807, 2.05) is 0 Å². The van der Waals surface area contributed by atoms with Crippen molar-refractivity contribution in [2.45, 2.75) is 38.8 Å². The number of likely N-dealkylation sites (tertiary alicyclic amines) is 1. The summed E-state index contributed by atoms with van der Waals surface area (Å²) in [5.41, 5.74) is 5.29. The van der Waals surface area contributed by atoms with Gasteiger partial charge >= 0.3 is 6.09 Å². The summed E-state index contributed by atoms with van der Waals surface area (Å²) in [6.07, 6.45) is -0.275. The van der Waals surface area contributed by atoms with Crippen molar-refractivity contribution in [1.29, 1.82) is 0 Å². The van der Waals surface area contributed by atoms with Gasteiger partial charge in [-0.3, -0.25) is 4.79 Å². The summed E-state index contributed by atoms with van der Waals surface area (Å²) in [5, 5.41) is 0.553. The molecule has 9 heteroatoms. The molecule has 0 radical (unpaired) electrons. The van der Waals surface area contributed by atoms with E-state index in [1.165, 1.54) is 12.0 Å². The molecule has 2 rings (SSSR count). The normalized spacial score (nSPS) is 19.9. The number of benzene rings is 1. The minimum Gasteiger partial charge on any atom is -0.467 e. The van der Waals surface area contributed by atoms with Gasteiger partial charge in [0.2, 0.25) is 5.91 Å². The lowest BCUT2D eigenvalue weighted by molar-refractivity contribution is -0.121. The van der Waals surface area contributed by atoms with E-state index in [9.17, 15) is 9.59 Å². The molecule has 2 atom stereocenters. The van der Waals surface area contributed by atoms with E-state index in [2.05, 4.69) is 0 Å². The van der Waals surface area contributed by atoms with Gasteiger partial charge in [-0.05, 0) is 39.3 Å². The largest absolute Gasteiger partial charge is 0.467 e. The van der Waals surface area contributed by atoms with Crippen LogP contribution < -0.4 is 10.5 Å². The van der Waals surface area contributed by atoms with E-state index in [4.69, 9.17) is 43.1 Å². The second-order valence-corrected chi connectivity index (χ2v) is 8.09. The van der Waals surface area contributed by atoms with Crippen LogP contribution in [0.25, 0.3) is 0 Å². The van der Waals surface area contributed by atoms with Gasteiger partial charge in [0.15, 0.2) is 6.79 Å². The molecule has 1 aromatic rings. The number of halogens is 2. The Labute approximate surface area is 168 Å². The second-order valence-electron chi connectivity index (χ2n) is 7.31. The molecule has 1 aromatic carbocycles. The molecule has 1 heterocycles. The van der Waals surface area contributed by atoms with Crippen LogP contribution in [0.1, 0.15) is 38.8 Å². The summed E-state index contributed by atoms with van der Waals surface area (Å²) >= 11 is 12.6. The van der Waals surface area contributed by atoms with Crippen molar-refractivity contribution >= 4 is 35.2 Å². The number of carbonyl (C=O) groups is 2. The monoisotopic (exact) mass is 418 g/mol. The molecule has 1 aliphatic rings. The molecule has 2 amide bonds. The van der Waals surface area contributed by atoms with E-state index in [-0.39, 0.29) is 24.8 Å². The summed E-state index contributed by atoms with van der Waals surface area (Å²) < 4.78 is 16.0. The molecule has 27 heavy (non-hydrogen) atoms. The number of ether oxygens (including phenoxy) is 3. The fourth-order valence-electron chi connectivity index (χ4n) is 2.95. The molecule has 150 valence electrons. The molecular weight excluding hydrogens is 395 g/mol. The predicted molar refractivity (Wildman–Crippen MR) is 102 cm³/mol. The van der Waals surface area contributed by atoms with Crippen LogP contribution in [0.15, 0.2) is 12.1 Å². The summed E-state index contributed by atoms with van der Waals surface area (Å²) in [5.74, 6) is -0.619. The highest BCUT2D eigenvalue weighted by Crippen LogP contribution is 2.45. The first-order valence-electron chi connectivity index (χ1n) is 8.43. The highest BCUT2D eigenvalue weighted by Gasteiger charge is 2.42. The number of hydrogen-bond donors (Lipinski definition) is 1. The van der Waals surface area contributed by atoms with Crippen molar-refractivity contribution < 1.29 is 23.8 Å². The maximum absolute atomic E-state index is 12.7. The van der Waals surface area contributed by atoms with Crippen LogP contribution in [0.5, 0.6) is 5.75 Å². The van der Waals surface area contributed by atoms with Gasteiger partial charge < -0.3 is 24.8 Å². The third-order valence-corrected chi connectivity index (χ3v) is 4.91. The van der Waals surface area contributed by atoms with Crippen LogP contribution in [0, 0.1) is 5.92 Å². The van der Waals surface area contributed by atoms with Crippen molar-refractivity contribution in [2.75, 3.05) is 20.4 Å². The van der Waals surface area contributed by atoms with E-state index >= 15 is 0 Å². The quantitative estimate of drug-likeness (QED) is 0.734. The van der Waals surface area contributed by atoms with Crippen LogP contribution >= 0.6 is 23.2 Å². The number of nitrogens with two attached hydrogens (primary N) is 1. The van der Waals surface area contributed by atoms with Gasteiger partial charge in [-0.1, -0.05) is 23.2 Å². The Balaban J connectivity index is 2.47. The summed E-state index contributed by atoms with van der Waals surface area (Å²) in [6, 6.07) is 2.67. The van der Waals surface area contributed by atoms with Crippen molar-refractivity contribution in [3.63, 3.8) is 0 Å². The highest BCUT2D eigenvalue weighted by molar-refractivity contribution is 6.42. The van der Waals surface area contributed by atoms with Crippen molar-refractivity contribution in [1.82, 2.24) is 4.90 Å². The first-order valence-corrected chi connectivity index (χ1v) is 9.19. The zero-order chi connectivity index (χ0) is 20.4. The average molecular weight is 419 g/mol. The van der Waals surface area contributed by atoms with Gasteiger partial charge in [0.1, 0.15) is 11.4 Å². The lowest BCUT2D eigenvalue weighted by Gasteiger charge is -2.30. The Morgan fingerprint density at radius 1 is 1.30 bits per heavy atom. The standard InChI is InChI=1S/C18H24Cl2N2O5/c1-18(2,3)27-17(24)22-8-10(16(21)23)7-12(22)14-13(26-9-25-4)6-5-11(19)15(14)20/h5-6,10,12H,7-9H2,1-4H3,(H2,21,23)/t10?,12-/m1/s1. The maximum Gasteiger partial charge on any atom is 0.410 e. The lowest BCUT2D eigenvalue weighted by atomic mass is 9.98. The molecule has 1 saturated heterocycles. The Hall–Kier alpha value is -1.70. The Morgan fingerprint density at radius 3 is 2.52 bits per heavy atom. The minimum atomic E-state index is -0.694. The number of methoxy groups -OCH3 is 1. The third-order valence-electron chi connectivity index (χ3n) is 4.09. The zero-order valence-electron chi connectivity index (χ0n) is 15.8. The van der Waals surface area contributed by atoms with Crippen LogP contribution in [0.4, 0.5) is 4.79 Å². The van der Waals surface area contributed by atoms with Crippen molar-refractivity contribution in [3.05, 3.63) is 27.7 Å². The molecule has 0 spiro atoms. The average Bonchev–Trinajstić information content (AvgIpc) is 2.99. The third kappa shape index (κ3) is 5.18. The van der Waals surface area contributed by atoms with E-state index in [0.29, 0.717) is 16.3 Å². The Bertz CT molecular complexity index is 720. The first-order chi connectivity index (χ1) is 12.5. The number of carbonyl (C=O) groups excluding carboxylic acids is 2. The predicted octanol–water partition coefficient (Wildman–Crippen LogP) is 3.76. The van der Waals surface area contributed by atoms with E-state index in [1.54, 1.807) is 32.9 Å². The smallest absolute Gasteiger partial charge is 0.410 e. The molecule has 0 bridgehead atoms. The summed E-state index contributed by atoms with van der Waals surface area (Å²) in [7, 11) is 1.49. The molecule has 1 fully saturated rings. The second kappa shape index (κ2) is 8.54. The van der Waals surface area contributed by atoms with Crippen LogP contribution in [0.3, 0.4) is 0 Å². The molecule has 7 nitrogen and oxygen atoms in total. The highest BCUT2D eigenvalue weighted by atomic mass is 35.5. The topological polar surface area (TPSA) is 91.1 Å². The van der Waals surface area contributed by atoms with Gasteiger partial charge in [-0.15, -0.1) is 0 Å². The van der Waals surface area contributed by atoms with Gasteiger partial charge in [-0.2, -0.15) is 0 Å². The Morgan fingerprint density at radius 2 is 1.96 bits per heavy atom. The fourth-order valence-corrected chi connectivity index (χ4v) is 3.39. The molecule has 0 aliphatic carbocycles. The molecule has 0 aromatic heterocycles. The molecule has 1 unspecified atom stereocenters. The van der Waals surface area contributed by atoms with Crippen LogP contribution in [-0.4, -0.2) is 42.9 Å². The van der Waals surface area contributed by atoms with Gasteiger partial charge in [-0.25, -0.2) is 4.79 Å². The summed E-state index contributed by atoms with van der Waals surface area (Å²) in [6.45, 7) is 5.41. The molecule has 0 saturated carbocycles. The van der Waals surface area contributed by atoms with Gasteiger partial charge in [0, 0.05) is 19.2 Å². The Kier molecular flexibility index (Phi) is 6.83. The number of nitrogens with zero attached hydrogens (tertiary/aromatic N) is 1. The van der Waals surface area contributed by atoms with Crippen LogP contribution in [0.2, 0.25) is 10.0 Å². The summed E-state index contributed by atoms with van der Waals surface area (Å²) in [4.78, 5) is 26.0. The molecular formula is C18H24Cl2N2O5. The number of amides is 2. The number of hydrogen-bond acceptors (Lipinski definition) is 5. The van der Waals surface area contributed by atoms with E-state index < -0.39 is 29.6 Å². The first kappa shape index (κ1) is 21.6. The molecule has 2 N–H and O–H groups in total. The number of rotatable bonds is 5. The number of primary amides is 1. The fraction of sp³-hybridized carbons (Fsp3) is 0.556. The molecule has 1 aliphatic heterocycles. The van der Waals surface area contributed by atoms with Gasteiger partial charge in [0.05, 0.1) is 22.0 Å². The van der Waals surface area contributed by atoms with Crippen molar-refractivity contribution in [3.8, 4) is 5.75 Å². The zero-order valence-corrected chi connectivity index (χ0v) is 17.3. The SMILES string of the molecule is COCOc1ccc(Cl)c(Cl)c1[C@H]1CC(C(N)=O)CN1C(=O)OC(C)(C)C. The van der Waals surface area contributed by atoms with Crippen molar-refractivity contribution in [2.24, 2.45) is 11.7 Å².